The van der Waals surface area contributed by atoms with Gasteiger partial charge < -0.3 is 19.7 Å². The molecular formula is C34H54N4O3. The number of carbonyl (C=O) groups excluding carboxylic acids is 1. The van der Waals surface area contributed by atoms with Crippen molar-refractivity contribution in [2.45, 2.75) is 57.9 Å². The minimum Gasteiger partial charge on any atom is -0.489 e. The third kappa shape index (κ3) is 11.7. The molecule has 41 heavy (non-hydrogen) atoms. The first-order chi connectivity index (χ1) is 19.9. The number of allylic oxidation sites excluding steroid dienone is 3. The molecule has 0 unspecified atom stereocenters. The number of carbonyl (C=O) groups is 1. The Kier molecular flexibility index (Phi) is 16.5. The number of ether oxygens (including phenoxy) is 2. The summed E-state index contributed by atoms with van der Waals surface area (Å²) in [5.74, 6) is 2.21. The van der Waals surface area contributed by atoms with Gasteiger partial charge in [0, 0.05) is 44.5 Å². The summed E-state index contributed by atoms with van der Waals surface area (Å²) in [7, 11) is 5.99. The summed E-state index contributed by atoms with van der Waals surface area (Å²) >= 11 is 0. The number of hydrogen-bond donors (Lipinski definition) is 1. The first-order valence-corrected chi connectivity index (χ1v) is 15.1. The Balaban J connectivity index is 0.000000759. The van der Waals surface area contributed by atoms with Crippen molar-refractivity contribution in [2.24, 2.45) is 10.9 Å². The lowest BCUT2D eigenvalue weighted by molar-refractivity contribution is -0.104. The van der Waals surface area contributed by atoms with Crippen LogP contribution in [0.1, 0.15) is 56.1 Å². The number of piperidine rings is 1. The van der Waals surface area contributed by atoms with Crippen LogP contribution < -0.4 is 10.1 Å². The van der Waals surface area contributed by atoms with E-state index in [2.05, 4.69) is 78.6 Å². The Morgan fingerprint density at radius 2 is 1.80 bits per heavy atom. The molecule has 3 fully saturated rings. The van der Waals surface area contributed by atoms with Gasteiger partial charge in [-0.3, -0.25) is 14.7 Å². The van der Waals surface area contributed by atoms with Gasteiger partial charge in [-0.25, -0.2) is 0 Å². The molecule has 0 saturated carbocycles. The average molecular weight is 567 g/mol. The second-order valence-corrected chi connectivity index (χ2v) is 11.3. The van der Waals surface area contributed by atoms with Crippen LogP contribution in [0.5, 0.6) is 5.75 Å². The Labute approximate surface area is 249 Å². The molecule has 3 heterocycles. The lowest BCUT2D eigenvalue weighted by Crippen LogP contribution is -2.53. The molecule has 0 atom stereocenters. The Morgan fingerprint density at radius 1 is 1.17 bits per heavy atom. The number of hydrogen-bond acceptors (Lipinski definition) is 7. The van der Waals surface area contributed by atoms with Gasteiger partial charge in [0.2, 0.25) is 0 Å². The first-order valence-electron chi connectivity index (χ1n) is 15.1. The summed E-state index contributed by atoms with van der Waals surface area (Å²) in [4.78, 5) is 18.1. The molecule has 3 aliphatic heterocycles. The van der Waals surface area contributed by atoms with Crippen LogP contribution in [-0.4, -0.2) is 96.0 Å². The van der Waals surface area contributed by atoms with E-state index in [4.69, 9.17) is 14.3 Å². The summed E-state index contributed by atoms with van der Waals surface area (Å²) in [6, 6.07) is 7.49. The first kappa shape index (κ1) is 34.6. The molecule has 7 nitrogen and oxygen atoms in total. The van der Waals surface area contributed by atoms with Gasteiger partial charge in [-0.05, 0) is 128 Å². The van der Waals surface area contributed by atoms with Crippen molar-refractivity contribution in [2.75, 3.05) is 67.1 Å². The molecular weight excluding hydrogens is 512 g/mol. The van der Waals surface area contributed by atoms with Crippen molar-refractivity contribution in [3.8, 4) is 5.75 Å². The summed E-state index contributed by atoms with van der Waals surface area (Å²) < 4.78 is 11.9. The standard InChI is InChI=1S/C29H43N3O2.C3H4O.C2H7N/c1-22-18-27(7-8-29(22)25-19-32(20-25)26-9-14-31(4)15-10-26)34-21-23(2)28(6-5-13-30-3)24-11-16-33-17-12-24;1-2-3-4;1-3-2/h5,7-8,13,18,24-26H,3,6,9-12,14-17,19-21H2,1-2,4H3;2-3H,1H2;3H,1-2H3/b13-5-,28-23-;;. The van der Waals surface area contributed by atoms with Crippen LogP contribution >= 0.6 is 0 Å². The fraction of sp³-hybridized carbons (Fsp3) is 0.588. The zero-order valence-corrected chi connectivity index (χ0v) is 26.2. The van der Waals surface area contributed by atoms with Crippen molar-refractivity contribution in [1.82, 2.24) is 15.1 Å². The molecule has 3 aliphatic rings. The molecule has 1 N–H and O–H groups in total. The highest BCUT2D eigenvalue weighted by atomic mass is 16.5. The number of benzene rings is 1. The predicted molar refractivity (Wildman–Crippen MR) is 172 cm³/mol. The summed E-state index contributed by atoms with van der Waals surface area (Å²) in [5, 5.41) is 2.75. The third-order valence-electron chi connectivity index (χ3n) is 8.16. The number of nitrogens with zero attached hydrogens (tertiary/aromatic N) is 3. The number of aliphatic imine (C=N–C) groups is 1. The molecule has 4 rings (SSSR count). The fourth-order valence-electron chi connectivity index (χ4n) is 5.84. The SMILES string of the molecule is C=CC=O.C=N/C=C\C/C(=C(\C)COc1ccc(C2CN(C3CCN(C)CC3)C2)c(C)c1)C1CCOCC1.CNC. The van der Waals surface area contributed by atoms with Crippen LogP contribution in [-0.2, 0) is 9.53 Å². The lowest BCUT2D eigenvalue weighted by atomic mass is 9.85. The predicted octanol–water partition coefficient (Wildman–Crippen LogP) is 5.42. The van der Waals surface area contributed by atoms with Crippen molar-refractivity contribution >= 4 is 13.0 Å². The number of rotatable bonds is 10. The van der Waals surface area contributed by atoms with Crippen LogP contribution in [0.4, 0.5) is 0 Å². The highest BCUT2D eigenvalue weighted by Gasteiger charge is 2.35. The van der Waals surface area contributed by atoms with E-state index in [1.165, 1.54) is 67.4 Å². The topological polar surface area (TPSA) is 66.4 Å². The van der Waals surface area contributed by atoms with Gasteiger partial charge in [-0.1, -0.05) is 24.3 Å². The zero-order chi connectivity index (χ0) is 30.0. The van der Waals surface area contributed by atoms with Gasteiger partial charge in [0.25, 0.3) is 0 Å². The van der Waals surface area contributed by atoms with Crippen molar-refractivity contribution in [3.05, 3.63) is 65.4 Å². The highest BCUT2D eigenvalue weighted by Crippen LogP contribution is 2.35. The fourth-order valence-corrected chi connectivity index (χ4v) is 5.84. The molecule has 0 aromatic heterocycles. The van der Waals surface area contributed by atoms with Crippen LogP contribution in [0.15, 0.2) is 59.3 Å². The number of aldehydes is 1. The van der Waals surface area contributed by atoms with Gasteiger partial charge in [-0.2, -0.15) is 0 Å². The summed E-state index contributed by atoms with van der Waals surface area (Å²) in [6.07, 6.45) is 11.5. The Morgan fingerprint density at radius 3 is 2.37 bits per heavy atom. The molecule has 3 saturated heterocycles. The maximum Gasteiger partial charge on any atom is 0.142 e. The van der Waals surface area contributed by atoms with Crippen LogP contribution in [0.3, 0.4) is 0 Å². The number of aryl methyl sites for hydroxylation is 1. The lowest BCUT2D eigenvalue weighted by Gasteiger charge is -2.47. The van der Waals surface area contributed by atoms with Gasteiger partial charge in [0.15, 0.2) is 0 Å². The van der Waals surface area contributed by atoms with E-state index in [9.17, 15) is 0 Å². The number of likely N-dealkylation sites (tertiary alicyclic amines) is 2. The Hall–Kier alpha value is -2.58. The molecule has 0 aliphatic carbocycles. The van der Waals surface area contributed by atoms with E-state index in [1.807, 2.05) is 14.1 Å². The van der Waals surface area contributed by atoms with Crippen LogP contribution in [0, 0.1) is 12.8 Å². The van der Waals surface area contributed by atoms with Gasteiger partial charge >= 0.3 is 0 Å². The second-order valence-electron chi connectivity index (χ2n) is 11.3. The molecule has 0 radical (unpaired) electrons. The molecule has 0 amide bonds. The number of nitrogens with one attached hydrogen (secondary N) is 1. The zero-order valence-electron chi connectivity index (χ0n) is 26.2. The maximum absolute atomic E-state index is 9.06. The largest absolute Gasteiger partial charge is 0.489 e. The third-order valence-corrected chi connectivity index (χ3v) is 8.16. The van der Waals surface area contributed by atoms with Gasteiger partial charge in [0.05, 0.1) is 0 Å². The van der Waals surface area contributed by atoms with E-state index >= 15 is 0 Å². The Bertz CT molecular complexity index is 980. The quantitative estimate of drug-likeness (QED) is 0.177. The average Bonchev–Trinajstić information content (AvgIpc) is 2.96. The molecule has 1 aromatic rings. The van der Waals surface area contributed by atoms with Crippen LogP contribution in [0.2, 0.25) is 0 Å². The molecule has 1 aromatic carbocycles. The maximum atomic E-state index is 9.06. The minimum atomic E-state index is 0.571. The molecule has 0 bridgehead atoms. The molecule has 7 heteroatoms. The van der Waals surface area contributed by atoms with Crippen molar-refractivity contribution in [3.63, 3.8) is 0 Å². The monoisotopic (exact) mass is 566 g/mol. The minimum absolute atomic E-state index is 0.571. The second kappa shape index (κ2) is 19.5. The summed E-state index contributed by atoms with van der Waals surface area (Å²) in [5.41, 5.74) is 5.65. The van der Waals surface area contributed by atoms with Gasteiger partial charge in [0.1, 0.15) is 18.6 Å². The molecule has 0 spiro atoms. The van der Waals surface area contributed by atoms with Crippen molar-refractivity contribution < 1.29 is 14.3 Å². The molecule has 228 valence electrons. The van der Waals surface area contributed by atoms with Crippen molar-refractivity contribution in [1.29, 1.82) is 0 Å². The van der Waals surface area contributed by atoms with E-state index in [-0.39, 0.29) is 0 Å². The van der Waals surface area contributed by atoms with Crippen LogP contribution in [0.25, 0.3) is 0 Å². The summed E-state index contributed by atoms with van der Waals surface area (Å²) in [6.45, 7) is 18.3. The van der Waals surface area contributed by atoms with E-state index in [0.717, 1.165) is 44.3 Å². The normalized spacial score (nSPS) is 19.6. The van der Waals surface area contributed by atoms with E-state index in [0.29, 0.717) is 24.7 Å². The van der Waals surface area contributed by atoms with E-state index < -0.39 is 0 Å². The van der Waals surface area contributed by atoms with E-state index in [1.54, 1.807) is 6.20 Å². The van der Waals surface area contributed by atoms with Gasteiger partial charge in [-0.15, -0.1) is 0 Å². The highest BCUT2D eigenvalue weighted by molar-refractivity contribution is 5.63. The smallest absolute Gasteiger partial charge is 0.142 e.